The molecule has 1 fully saturated rings. The van der Waals surface area contributed by atoms with Crippen LogP contribution in [0.15, 0.2) is 18.2 Å². The molecule has 114 valence electrons. The van der Waals surface area contributed by atoms with Gasteiger partial charge in [-0.15, -0.1) is 0 Å². The lowest BCUT2D eigenvalue weighted by atomic mass is 9.81. The molecule has 0 aromatic heterocycles. The molecule has 0 unspecified atom stereocenters. The molecule has 0 spiro atoms. The standard InChI is InChI=1S/C18H25NO2/c1-19(2)18(10-5-3-4-6-11-18)17(20)15-7-8-16-14(13-15)9-12-21-16/h7-8,13H,3-6,9-12H2,1-2H3. The van der Waals surface area contributed by atoms with E-state index in [1.54, 1.807) is 0 Å². The number of Topliss-reactive ketones (excluding diaryl/α,β-unsaturated/α-hetero) is 1. The summed E-state index contributed by atoms with van der Waals surface area (Å²) < 4.78 is 5.55. The molecule has 0 radical (unpaired) electrons. The zero-order valence-electron chi connectivity index (χ0n) is 13.2. The Bertz CT molecular complexity index is 528. The molecule has 1 aliphatic carbocycles. The van der Waals surface area contributed by atoms with E-state index in [0.29, 0.717) is 5.78 Å². The van der Waals surface area contributed by atoms with Crippen molar-refractivity contribution in [2.45, 2.75) is 50.5 Å². The summed E-state index contributed by atoms with van der Waals surface area (Å²) in [5.41, 5.74) is 1.72. The highest BCUT2D eigenvalue weighted by atomic mass is 16.5. The summed E-state index contributed by atoms with van der Waals surface area (Å²) in [5.74, 6) is 1.25. The van der Waals surface area contributed by atoms with Crippen LogP contribution in [0, 0.1) is 0 Å². The van der Waals surface area contributed by atoms with Crippen LogP contribution in [0.2, 0.25) is 0 Å². The average Bonchev–Trinajstić information content (AvgIpc) is 2.80. The summed E-state index contributed by atoms with van der Waals surface area (Å²) in [4.78, 5) is 15.4. The van der Waals surface area contributed by atoms with Crippen LogP contribution < -0.4 is 4.74 Å². The summed E-state index contributed by atoms with van der Waals surface area (Å²) in [6, 6.07) is 5.97. The maximum absolute atomic E-state index is 13.2. The number of ketones is 1. The highest BCUT2D eigenvalue weighted by Gasteiger charge is 2.41. The Hall–Kier alpha value is -1.35. The highest BCUT2D eigenvalue weighted by molar-refractivity contribution is 6.03. The van der Waals surface area contributed by atoms with Crippen molar-refractivity contribution in [2.75, 3.05) is 20.7 Å². The fraction of sp³-hybridized carbons (Fsp3) is 0.611. The number of rotatable bonds is 3. The molecular weight excluding hydrogens is 262 g/mol. The van der Waals surface area contributed by atoms with Crippen molar-refractivity contribution in [3.63, 3.8) is 0 Å². The third-order valence-corrected chi connectivity index (χ3v) is 5.16. The average molecular weight is 287 g/mol. The minimum absolute atomic E-state index is 0.295. The monoisotopic (exact) mass is 287 g/mol. The summed E-state index contributed by atoms with van der Waals surface area (Å²) in [5, 5.41) is 0. The summed E-state index contributed by atoms with van der Waals surface area (Å²) in [6.45, 7) is 0.742. The van der Waals surface area contributed by atoms with Crippen LogP contribution >= 0.6 is 0 Å². The van der Waals surface area contributed by atoms with Gasteiger partial charge in [0.25, 0.3) is 0 Å². The number of likely N-dealkylation sites (N-methyl/N-ethyl adjacent to an activating group) is 1. The van der Waals surface area contributed by atoms with Crippen LogP contribution in [0.25, 0.3) is 0 Å². The van der Waals surface area contributed by atoms with Crippen LogP contribution in [-0.4, -0.2) is 36.9 Å². The number of ether oxygens (including phenoxy) is 1. The van der Waals surface area contributed by atoms with Crippen molar-refractivity contribution in [3.05, 3.63) is 29.3 Å². The number of hydrogen-bond donors (Lipinski definition) is 0. The van der Waals surface area contributed by atoms with E-state index in [1.807, 2.05) is 12.1 Å². The lowest BCUT2D eigenvalue weighted by Gasteiger charge is -2.38. The van der Waals surface area contributed by atoms with Crippen molar-refractivity contribution >= 4 is 5.78 Å². The number of nitrogens with zero attached hydrogens (tertiary/aromatic N) is 1. The number of fused-ring (bicyclic) bond motifs is 1. The molecule has 3 heteroatoms. The van der Waals surface area contributed by atoms with Crippen molar-refractivity contribution in [3.8, 4) is 5.75 Å². The Morgan fingerprint density at radius 3 is 2.52 bits per heavy atom. The fourth-order valence-corrected chi connectivity index (χ4v) is 3.79. The molecule has 0 amide bonds. The summed E-state index contributed by atoms with van der Waals surface area (Å²) in [6.07, 6.45) is 7.68. The van der Waals surface area contributed by atoms with Crippen molar-refractivity contribution < 1.29 is 9.53 Å². The molecule has 0 saturated heterocycles. The van der Waals surface area contributed by atoms with Gasteiger partial charge in [-0.2, -0.15) is 0 Å². The first-order chi connectivity index (χ1) is 10.1. The van der Waals surface area contributed by atoms with E-state index >= 15 is 0 Å². The van der Waals surface area contributed by atoms with Crippen LogP contribution in [0.3, 0.4) is 0 Å². The van der Waals surface area contributed by atoms with Gasteiger partial charge < -0.3 is 4.74 Å². The molecule has 21 heavy (non-hydrogen) atoms. The topological polar surface area (TPSA) is 29.5 Å². The summed E-state index contributed by atoms with van der Waals surface area (Å²) in [7, 11) is 4.11. The van der Waals surface area contributed by atoms with E-state index < -0.39 is 0 Å². The normalized spacial score (nSPS) is 20.7. The van der Waals surface area contributed by atoms with Crippen molar-refractivity contribution in [1.29, 1.82) is 0 Å². The van der Waals surface area contributed by atoms with E-state index in [0.717, 1.165) is 50.0 Å². The molecule has 0 N–H and O–H groups in total. The minimum Gasteiger partial charge on any atom is -0.493 e. The van der Waals surface area contributed by atoms with Gasteiger partial charge in [-0.1, -0.05) is 25.7 Å². The van der Waals surface area contributed by atoms with Crippen LogP contribution in [-0.2, 0) is 6.42 Å². The minimum atomic E-state index is -0.315. The van der Waals surface area contributed by atoms with Gasteiger partial charge in [0.2, 0.25) is 0 Å². The SMILES string of the molecule is CN(C)C1(C(=O)c2ccc3c(c2)CCO3)CCCCCC1. The molecule has 0 atom stereocenters. The molecule has 0 bridgehead atoms. The van der Waals surface area contributed by atoms with Gasteiger partial charge in [0.05, 0.1) is 12.1 Å². The Morgan fingerprint density at radius 1 is 1.14 bits per heavy atom. The van der Waals surface area contributed by atoms with Gasteiger partial charge in [0.15, 0.2) is 5.78 Å². The van der Waals surface area contributed by atoms with E-state index in [1.165, 1.54) is 18.4 Å². The van der Waals surface area contributed by atoms with Crippen LogP contribution in [0.5, 0.6) is 5.75 Å². The zero-order chi connectivity index (χ0) is 14.9. The second-order valence-electron chi connectivity index (χ2n) is 6.59. The quantitative estimate of drug-likeness (QED) is 0.630. The molecule has 1 aromatic rings. The van der Waals surface area contributed by atoms with Gasteiger partial charge in [0, 0.05) is 12.0 Å². The lowest BCUT2D eigenvalue weighted by Crippen LogP contribution is -2.50. The fourth-order valence-electron chi connectivity index (χ4n) is 3.79. The third kappa shape index (κ3) is 2.59. The maximum atomic E-state index is 13.2. The van der Waals surface area contributed by atoms with Gasteiger partial charge in [-0.25, -0.2) is 0 Å². The summed E-state index contributed by atoms with van der Waals surface area (Å²) >= 11 is 0. The van der Waals surface area contributed by atoms with Gasteiger partial charge in [-0.3, -0.25) is 9.69 Å². The largest absolute Gasteiger partial charge is 0.493 e. The van der Waals surface area contributed by atoms with E-state index in [4.69, 9.17) is 4.74 Å². The van der Waals surface area contributed by atoms with Gasteiger partial charge >= 0.3 is 0 Å². The Kier molecular flexibility index (Phi) is 4.03. The first-order valence-corrected chi connectivity index (χ1v) is 8.11. The Balaban J connectivity index is 1.93. The van der Waals surface area contributed by atoms with Crippen molar-refractivity contribution in [1.82, 2.24) is 4.90 Å². The molecule has 3 rings (SSSR count). The predicted octanol–water partition coefficient (Wildman–Crippen LogP) is 3.46. The first kappa shape index (κ1) is 14.6. The van der Waals surface area contributed by atoms with E-state index in [2.05, 4.69) is 25.1 Å². The van der Waals surface area contributed by atoms with Gasteiger partial charge in [-0.05, 0) is 50.7 Å². The van der Waals surface area contributed by atoms with E-state index in [-0.39, 0.29) is 5.54 Å². The third-order valence-electron chi connectivity index (χ3n) is 5.16. The molecular formula is C18H25NO2. The molecule has 2 aliphatic rings. The van der Waals surface area contributed by atoms with E-state index in [9.17, 15) is 4.79 Å². The van der Waals surface area contributed by atoms with Crippen LogP contribution in [0.4, 0.5) is 0 Å². The number of carbonyl (C=O) groups is 1. The smallest absolute Gasteiger partial charge is 0.183 e. The molecule has 1 aromatic carbocycles. The predicted molar refractivity (Wildman–Crippen MR) is 84.1 cm³/mol. The molecule has 1 aliphatic heterocycles. The zero-order valence-corrected chi connectivity index (χ0v) is 13.2. The number of benzene rings is 1. The highest BCUT2D eigenvalue weighted by Crippen LogP contribution is 2.35. The second-order valence-corrected chi connectivity index (χ2v) is 6.59. The molecule has 1 heterocycles. The Morgan fingerprint density at radius 2 is 1.86 bits per heavy atom. The maximum Gasteiger partial charge on any atom is 0.183 e. The van der Waals surface area contributed by atoms with Gasteiger partial charge in [0.1, 0.15) is 5.75 Å². The van der Waals surface area contributed by atoms with Crippen molar-refractivity contribution in [2.24, 2.45) is 0 Å². The molecule has 3 nitrogen and oxygen atoms in total. The molecule has 1 saturated carbocycles. The second kappa shape index (κ2) is 5.80. The Labute approximate surface area is 127 Å². The number of carbonyl (C=O) groups excluding carboxylic acids is 1. The first-order valence-electron chi connectivity index (χ1n) is 8.11. The lowest BCUT2D eigenvalue weighted by molar-refractivity contribution is 0.0635. The number of hydrogen-bond acceptors (Lipinski definition) is 3. The van der Waals surface area contributed by atoms with Crippen LogP contribution in [0.1, 0.15) is 54.4 Å².